The smallest absolute Gasteiger partial charge is 0.342 e. The van der Waals surface area contributed by atoms with Crippen LogP contribution < -0.4 is 10.5 Å². The summed E-state index contributed by atoms with van der Waals surface area (Å²) in [5.74, 6) is -0.193. The molecule has 2 rings (SSSR count). The van der Waals surface area contributed by atoms with Crippen LogP contribution in [0, 0.1) is 13.8 Å². The van der Waals surface area contributed by atoms with Crippen molar-refractivity contribution in [3.63, 3.8) is 0 Å². The number of hydrogen-bond acceptors (Lipinski definition) is 4. The SMILES string of the molecule is CCOC(=O)C(F)[C@@H](N)c1cc(C)c(OCc2ccccc2)c(C)c1. The Morgan fingerprint density at radius 2 is 1.76 bits per heavy atom. The standard InChI is InChI=1S/C20H24FNO3/c1-4-24-20(23)17(21)18(22)16-10-13(2)19(14(3)11-16)25-12-15-8-6-5-7-9-15/h5-11,17-18H,4,12,22H2,1-3H3/t17?,18-/m0/s1. The van der Waals surface area contributed by atoms with E-state index in [4.69, 9.17) is 15.2 Å². The van der Waals surface area contributed by atoms with Crippen molar-refractivity contribution in [3.05, 3.63) is 64.7 Å². The molecular weight excluding hydrogens is 321 g/mol. The van der Waals surface area contributed by atoms with E-state index in [1.54, 1.807) is 19.1 Å². The van der Waals surface area contributed by atoms with E-state index in [9.17, 15) is 9.18 Å². The molecule has 25 heavy (non-hydrogen) atoms. The Morgan fingerprint density at radius 1 is 1.16 bits per heavy atom. The number of alkyl halides is 1. The van der Waals surface area contributed by atoms with Crippen LogP contribution in [0.15, 0.2) is 42.5 Å². The minimum absolute atomic E-state index is 0.121. The monoisotopic (exact) mass is 345 g/mol. The maximum absolute atomic E-state index is 14.2. The maximum Gasteiger partial charge on any atom is 0.342 e. The van der Waals surface area contributed by atoms with E-state index < -0.39 is 18.2 Å². The largest absolute Gasteiger partial charge is 0.488 e. The molecule has 0 amide bonds. The molecule has 0 radical (unpaired) electrons. The van der Waals surface area contributed by atoms with Gasteiger partial charge < -0.3 is 15.2 Å². The van der Waals surface area contributed by atoms with Gasteiger partial charge in [-0.3, -0.25) is 0 Å². The zero-order valence-electron chi connectivity index (χ0n) is 14.8. The Balaban J connectivity index is 2.14. The summed E-state index contributed by atoms with van der Waals surface area (Å²) in [6.07, 6.45) is -1.89. The second-order valence-corrected chi connectivity index (χ2v) is 5.94. The maximum atomic E-state index is 14.2. The minimum Gasteiger partial charge on any atom is -0.488 e. The highest BCUT2D eigenvalue weighted by Crippen LogP contribution is 2.29. The molecule has 0 heterocycles. The Hall–Kier alpha value is -2.40. The molecule has 0 fully saturated rings. The van der Waals surface area contributed by atoms with Crippen molar-refractivity contribution in [2.24, 2.45) is 5.73 Å². The van der Waals surface area contributed by atoms with Crippen LogP contribution in [-0.2, 0) is 16.1 Å². The fourth-order valence-corrected chi connectivity index (χ4v) is 2.67. The number of aryl methyl sites for hydroxylation is 2. The zero-order chi connectivity index (χ0) is 18.4. The summed E-state index contributed by atoms with van der Waals surface area (Å²) in [4.78, 5) is 11.6. The van der Waals surface area contributed by atoms with Crippen molar-refractivity contribution in [1.29, 1.82) is 0 Å². The Labute approximate surface area is 147 Å². The average molecular weight is 345 g/mol. The van der Waals surface area contributed by atoms with Gasteiger partial charge in [0.15, 0.2) is 0 Å². The Kier molecular flexibility index (Phi) is 6.53. The van der Waals surface area contributed by atoms with Crippen molar-refractivity contribution in [3.8, 4) is 5.75 Å². The number of carbonyl (C=O) groups excluding carboxylic acids is 1. The highest BCUT2D eigenvalue weighted by molar-refractivity contribution is 5.75. The van der Waals surface area contributed by atoms with E-state index in [-0.39, 0.29) is 6.61 Å². The van der Waals surface area contributed by atoms with E-state index in [0.717, 1.165) is 22.4 Å². The summed E-state index contributed by atoms with van der Waals surface area (Å²) in [5, 5.41) is 0. The molecule has 0 aliphatic heterocycles. The fraction of sp³-hybridized carbons (Fsp3) is 0.350. The Morgan fingerprint density at radius 3 is 2.32 bits per heavy atom. The summed E-state index contributed by atoms with van der Waals surface area (Å²) in [5.41, 5.74) is 9.20. The van der Waals surface area contributed by atoms with E-state index in [0.29, 0.717) is 12.2 Å². The summed E-state index contributed by atoms with van der Waals surface area (Å²) < 4.78 is 24.8. The number of esters is 1. The third kappa shape index (κ3) is 4.79. The second-order valence-electron chi connectivity index (χ2n) is 5.94. The number of ether oxygens (including phenoxy) is 2. The molecular formula is C20H24FNO3. The first kappa shape index (κ1) is 18.9. The molecule has 0 saturated carbocycles. The number of carbonyl (C=O) groups is 1. The fourth-order valence-electron chi connectivity index (χ4n) is 2.67. The summed E-state index contributed by atoms with van der Waals surface area (Å²) in [6.45, 7) is 5.95. The van der Waals surface area contributed by atoms with Gasteiger partial charge in [-0.25, -0.2) is 9.18 Å². The van der Waals surface area contributed by atoms with Crippen LogP contribution in [0.5, 0.6) is 5.75 Å². The molecule has 0 spiro atoms. The molecule has 0 aliphatic rings. The lowest BCUT2D eigenvalue weighted by Gasteiger charge is -2.19. The normalized spacial score (nSPS) is 13.2. The van der Waals surface area contributed by atoms with Gasteiger partial charge in [-0.15, -0.1) is 0 Å². The zero-order valence-corrected chi connectivity index (χ0v) is 14.8. The quantitative estimate of drug-likeness (QED) is 0.776. The topological polar surface area (TPSA) is 61.5 Å². The molecule has 0 bridgehead atoms. The lowest BCUT2D eigenvalue weighted by atomic mass is 9.98. The van der Waals surface area contributed by atoms with Crippen molar-refractivity contribution in [2.75, 3.05) is 6.61 Å². The van der Waals surface area contributed by atoms with Crippen LogP contribution in [0.1, 0.15) is 35.2 Å². The van der Waals surface area contributed by atoms with Crippen LogP contribution >= 0.6 is 0 Å². The van der Waals surface area contributed by atoms with Gasteiger partial charge in [0, 0.05) is 0 Å². The molecule has 5 heteroatoms. The highest BCUT2D eigenvalue weighted by atomic mass is 19.1. The summed E-state index contributed by atoms with van der Waals surface area (Å²) >= 11 is 0. The molecule has 4 nitrogen and oxygen atoms in total. The lowest BCUT2D eigenvalue weighted by molar-refractivity contribution is -0.149. The van der Waals surface area contributed by atoms with E-state index in [2.05, 4.69) is 0 Å². The number of halogens is 1. The van der Waals surface area contributed by atoms with Crippen LogP contribution in [0.2, 0.25) is 0 Å². The minimum atomic E-state index is -1.89. The van der Waals surface area contributed by atoms with Crippen LogP contribution in [0.4, 0.5) is 4.39 Å². The highest BCUT2D eigenvalue weighted by Gasteiger charge is 2.28. The molecule has 2 aromatic rings. The van der Waals surface area contributed by atoms with Crippen molar-refractivity contribution < 1.29 is 18.7 Å². The van der Waals surface area contributed by atoms with Gasteiger partial charge in [-0.2, -0.15) is 0 Å². The van der Waals surface area contributed by atoms with Crippen LogP contribution in [0.25, 0.3) is 0 Å². The van der Waals surface area contributed by atoms with Gasteiger partial charge in [0.25, 0.3) is 0 Å². The van der Waals surface area contributed by atoms with E-state index in [1.807, 2.05) is 44.2 Å². The predicted octanol–water partition coefficient (Wildman–Crippen LogP) is 3.78. The molecule has 2 atom stereocenters. The van der Waals surface area contributed by atoms with Crippen molar-refractivity contribution >= 4 is 5.97 Å². The third-order valence-corrected chi connectivity index (χ3v) is 3.92. The van der Waals surface area contributed by atoms with Gasteiger partial charge in [0.1, 0.15) is 12.4 Å². The molecule has 0 saturated heterocycles. The Bertz CT molecular complexity index is 695. The lowest BCUT2D eigenvalue weighted by Crippen LogP contribution is -2.31. The van der Waals surface area contributed by atoms with Crippen molar-refractivity contribution in [1.82, 2.24) is 0 Å². The van der Waals surface area contributed by atoms with Gasteiger partial charge >= 0.3 is 5.97 Å². The van der Waals surface area contributed by atoms with E-state index in [1.165, 1.54) is 0 Å². The molecule has 0 aromatic heterocycles. The van der Waals surface area contributed by atoms with Crippen molar-refractivity contribution in [2.45, 2.75) is 39.6 Å². The van der Waals surface area contributed by atoms with Crippen LogP contribution in [-0.4, -0.2) is 18.7 Å². The average Bonchev–Trinajstić information content (AvgIpc) is 2.60. The van der Waals surface area contributed by atoms with Gasteiger partial charge in [0.05, 0.1) is 12.6 Å². The summed E-state index contributed by atoms with van der Waals surface area (Å²) in [7, 11) is 0. The summed E-state index contributed by atoms with van der Waals surface area (Å²) in [6, 6.07) is 12.3. The molecule has 0 aliphatic carbocycles. The van der Waals surface area contributed by atoms with Crippen LogP contribution in [0.3, 0.4) is 0 Å². The number of benzene rings is 2. The third-order valence-electron chi connectivity index (χ3n) is 3.92. The molecule has 1 unspecified atom stereocenters. The number of hydrogen-bond donors (Lipinski definition) is 1. The van der Waals surface area contributed by atoms with Gasteiger partial charge in [-0.1, -0.05) is 42.5 Å². The van der Waals surface area contributed by atoms with Gasteiger partial charge in [-0.05, 0) is 43.0 Å². The van der Waals surface area contributed by atoms with E-state index >= 15 is 0 Å². The predicted molar refractivity (Wildman–Crippen MR) is 95.1 cm³/mol. The first-order valence-corrected chi connectivity index (χ1v) is 8.28. The van der Waals surface area contributed by atoms with Gasteiger partial charge in [0.2, 0.25) is 6.17 Å². The first-order valence-electron chi connectivity index (χ1n) is 8.28. The first-order chi connectivity index (χ1) is 11.9. The molecule has 2 aromatic carbocycles. The number of rotatable bonds is 7. The molecule has 134 valence electrons. The number of nitrogens with two attached hydrogens (primary N) is 1. The molecule has 2 N–H and O–H groups in total. The second kappa shape index (κ2) is 8.62.